The molecule has 0 radical (unpaired) electrons. The Kier molecular flexibility index (Phi) is 10.8. The van der Waals surface area contributed by atoms with Crippen molar-refractivity contribution < 1.29 is 4.21 Å². The molecule has 7 heteroatoms. The standard InChI is InChI=1S/C18H22ClN3OS.HI/c1-20-18(22-13-15-7-9-17(19)10-8-15)21-11-12-24(23)14-16-5-3-2-4-6-16;/h2-10H,11-14H2,1H3,(H2,20,21,22);1H. The normalized spacial score (nSPS) is 12.2. The number of halogens is 2. The summed E-state index contributed by atoms with van der Waals surface area (Å²) in [4.78, 5) is 4.17. The van der Waals surface area contributed by atoms with Crippen LogP contribution in [-0.4, -0.2) is 29.5 Å². The van der Waals surface area contributed by atoms with Crippen LogP contribution in [0.25, 0.3) is 0 Å². The number of guanidine groups is 1. The van der Waals surface area contributed by atoms with Gasteiger partial charge in [0.05, 0.1) is 0 Å². The number of benzene rings is 2. The van der Waals surface area contributed by atoms with Crippen molar-refractivity contribution in [1.82, 2.24) is 10.6 Å². The van der Waals surface area contributed by atoms with E-state index in [0.717, 1.165) is 16.1 Å². The largest absolute Gasteiger partial charge is 0.355 e. The van der Waals surface area contributed by atoms with Crippen LogP contribution in [0, 0.1) is 0 Å². The van der Waals surface area contributed by atoms with E-state index in [4.69, 9.17) is 11.6 Å². The van der Waals surface area contributed by atoms with Crippen LogP contribution in [0.4, 0.5) is 0 Å². The molecule has 136 valence electrons. The van der Waals surface area contributed by atoms with E-state index >= 15 is 0 Å². The molecule has 0 saturated heterocycles. The molecular weight excluding hydrogens is 469 g/mol. The summed E-state index contributed by atoms with van der Waals surface area (Å²) in [6.07, 6.45) is 0. The van der Waals surface area contributed by atoms with Crippen LogP contribution >= 0.6 is 35.6 Å². The zero-order chi connectivity index (χ0) is 17.2. The monoisotopic (exact) mass is 491 g/mol. The lowest BCUT2D eigenvalue weighted by Gasteiger charge is -2.12. The summed E-state index contributed by atoms with van der Waals surface area (Å²) in [5.74, 6) is 1.86. The highest BCUT2D eigenvalue weighted by molar-refractivity contribution is 14.0. The molecule has 0 amide bonds. The van der Waals surface area contributed by atoms with Gasteiger partial charge in [0.2, 0.25) is 0 Å². The van der Waals surface area contributed by atoms with Gasteiger partial charge in [0.25, 0.3) is 0 Å². The van der Waals surface area contributed by atoms with Gasteiger partial charge in [-0.2, -0.15) is 0 Å². The fraction of sp³-hybridized carbons (Fsp3) is 0.278. The Labute approximate surface area is 173 Å². The molecule has 0 aromatic heterocycles. The lowest BCUT2D eigenvalue weighted by molar-refractivity contribution is 0.680. The predicted molar refractivity (Wildman–Crippen MR) is 118 cm³/mol. The number of nitrogens with zero attached hydrogens (tertiary/aromatic N) is 1. The predicted octanol–water partition coefficient (Wildman–Crippen LogP) is 3.57. The molecule has 2 N–H and O–H groups in total. The molecule has 0 saturated carbocycles. The molecule has 0 fully saturated rings. The van der Waals surface area contributed by atoms with Crippen LogP contribution < -0.4 is 10.6 Å². The Hall–Kier alpha value is -1.12. The zero-order valence-corrected chi connectivity index (χ0v) is 18.0. The van der Waals surface area contributed by atoms with Crippen LogP contribution in [0.2, 0.25) is 5.02 Å². The summed E-state index contributed by atoms with van der Waals surface area (Å²) in [5, 5.41) is 7.14. The molecule has 0 aliphatic rings. The molecule has 2 aromatic carbocycles. The van der Waals surface area contributed by atoms with Crippen LogP contribution in [0.5, 0.6) is 0 Å². The van der Waals surface area contributed by atoms with Crippen molar-refractivity contribution in [2.75, 3.05) is 19.3 Å². The molecule has 0 aliphatic heterocycles. The van der Waals surface area contributed by atoms with Crippen molar-refractivity contribution in [3.05, 3.63) is 70.7 Å². The van der Waals surface area contributed by atoms with Gasteiger partial charge >= 0.3 is 0 Å². The van der Waals surface area contributed by atoms with E-state index in [2.05, 4.69) is 15.6 Å². The maximum atomic E-state index is 12.1. The fourth-order valence-electron chi connectivity index (χ4n) is 2.12. The molecule has 4 nitrogen and oxygen atoms in total. The Bertz CT molecular complexity index is 680. The van der Waals surface area contributed by atoms with Crippen molar-refractivity contribution in [2.45, 2.75) is 12.3 Å². The average molecular weight is 492 g/mol. The number of rotatable bonds is 7. The smallest absolute Gasteiger partial charge is 0.191 e. The SMILES string of the molecule is CN=C(NCCS(=O)Cc1ccccc1)NCc1ccc(Cl)cc1.I. The van der Waals surface area contributed by atoms with Gasteiger partial charge in [0.1, 0.15) is 0 Å². The van der Waals surface area contributed by atoms with Crippen LogP contribution in [0.3, 0.4) is 0 Å². The highest BCUT2D eigenvalue weighted by Gasteiger charge is 2.03. The quantitative estimate of drug-likeness (QED) is 0.354. The van der Waals surface area contributed by atoms with Gasteiger partial charge in [0, 0.05) is 47.5 Å². The summed E-state index contributed by atoms with van der Waals surface area (Å²) in [6.45, 7) is 1.27. The Morgan fingerprint density at radius 3 is 2.36 bits per heavy atom. The number of aliphatic imine (C=N–C) groups is 1. The minimum Gasteiger partial charge on any atom is -0.355 e. The van der Waals surface area contributed by atoms with Crippen LogP contribution in [0.15, 0.2) is 59.6 Å². The van der Waals surface area contributed by atoms with Crippen molar-refractivity contribution in [1.29, 1.82) is 0 Å². The van der Waals surface area contributed by atoms with Crippen molar-refractivity contribution >= 4 is 52.3 Å². The molecular formula is C18H23ClIN3OS. The summed E-state index contributed by atoms with van der Waals surface area (Å²) < 4.78 is 12.1. The lowest BCUT2D eigenvalue weighted by atomic mass is 10.2. The molecule has 1 unspecified atom stereocenters. The summed E-state index contributed by atoms with van der Waals surface area (Å²) in [5.41, 5.74) is 2.22. The summed E-state index contributed by atoms with van der Waals surface area (Å²) in [7, 11) is 0.828. The number of hydrogen-bond donors (Lipinski definition) is 2. The van der Waals surface area contributed by atoms with Crippen LogP contribution in [-0.2, 0) is 23.1 Å². The first-order valence-electron chi connectivity index (χ1n) is 7.75. The third-order valence-corrected chi connectivity index (χ3v) is 4.96. The molecule has 2 aromatic rings. The van der Waals surface area contributed by atoms with Crippen molar-refractivity contribution in [3.8, 4) is 0 Å². The van der Waals surface area contributed by atoms with E-state index in [1.165, 1.54) is 0 Å². The zero-order valence-electron chi connectivity index (χ0n) is 14.1. The highest BCUT2D eigenvalue weighted by Crippen LogP contribution is 2.09. The lowest BCUT2D eigenvalue weighted by Crippen LogP contribution is -2.38. The molecule has 25 heavy (non-hydrogen) atoms. The average Bonchev–Trinajstić information content (AvgIpc) is 2.60. The molecule has 0 bridgehead atoms. The first-order chi connectivity index (χ1) is 11.7. The maximum absolute atomic E-state index is 12.1. The summed E-state index contributed by atoms with van der Waals surface area (Å²) in [6, 6.07) is 17.6. The Balaban J connectivity index is 0.00000312. The number of hydrogen-bond acceptors (Lipinski definition) is 2. The van der Waals surface area contributed by atoms with E-state index in [1.54, 1.807) is 7.05 Å². The van der Waals surface area contributed by atoms with Gasteiger partial charge < -0.3 is 10.6 Å². The van der Waals surface area contributed by atoms with E-state index in [-0.39, 0.29) is 24.0 Å². The molecule has 0 spiro atoms. The topological polar surface area (TPSA) is 53.5 Å². The van der Waals surface area contributed by atoms with E-state index in [1.807, 2.05) is 54.6 Å². The van der Waals surface area contributed by atoms with Crippen LogP contribution in [0.1, 0.15) is 11.1 Å². The maximum Gasteiger partial charge on any atom is 0.191 e. The Morgan fingerprint density at radius 2 is 1.72 bits per heavy atom. The first kappa shape index (κ1) is 21.9. The highest BCUT2D eigenvalue weighted by atomic mass is 127. The van der Waals surface area contributed by atoms with E-state index < -0.39 is 10.8 Å². The second-order valence-electron chi connectivity index (χ2n) is 5.25. The third kappa shape index (κ3) is 8.69. The van der Waals surface area contributed by atoms with E-state index in [9.17, 15) is 4.21 Å². The minimum atomic E-state index is -0.892. The second-order valence-corrected chi connectivity index (χ2v) is 7.27. The first-order valence-corrected chi connectivity index (χ1v) is 9.62. The minimum absolute atomic E-state index is 0. The van der Waals surface area contributed by atoms with Gasteiger partial charge in [-0.25, -0.2) is 0 Å². The number of nitrogens with one attached hydrogen (secondary N) is 2. The van der Waals surface area contributed by atoms with Gasteiger partial charge in [-0.1, -0.05) is 54.1 Å². The van der Waals surface area contributed by atoms with Gasteiger partial charge in [-0.05, 0) is 23.3 Å². The second kappa shape index (κ2) is 12.3. The third-order valence-electron chi connectivity index (χ3n) is 3.39. The van der Waals surface area contributed by atoms with Crippen molar-refractivity contribution in [2.24, 2.45) is 4.99 Å². The fourth-order valence-corrected chi connectivity index (χ4v) is 3.29. The molecule has 0 heterocycles. The van der Waals surface area contributed by atoms with Gasteiger partial charge in [-0.15, -0.1) is 24.0 Å². The molecule has 1 atom stereocenters. The van der Waals surface area contributed by atoms with Gasteiger partial charge in [0.15, 0.2) is 5.96 Å². The Morgan fingerprint density at radius 1 is 1.04 bits per heavy atom. The van der Waals surface area contributed by atoms with Crippen molar-refractivity contribution in [3.63, 3.8) is 0 Å². The van der Waals surface area contributed by atoms with Gasteiger partial charge in [-0.3, -0.25) is 9.20 Å². The molecule has 2 rings (SSSR count). The molecule has 0 aliphatic carbocycles. The summed E-state index contributed by atoms with van der Waals surface area (Å²) >= 11 is 5.87. The van der Waals surface area contributed by atoms with E-state index in [0.29, 0.717) is 30.6 Å².